The topological polar surface area (TPSA) is 70.2 Å². The van der Waals surface area contributed by atoms with Crippen LogP contribution in [0.15, 0.2) is 27.5 Å². The van der Waals surface area contributed by atoms with Gasteiger partial charge >= 0.3 is 6.03 Å². The largest absolute Gasteiger partial charge is 0.326 e. The lowest BCUT2D eigenvalue weighted by Crippen LogP contribution is -2.29. The van der Waals surface area contributed by atoms with Gasteiger partial charge < -0.3 is 0 Å². The summed E-state index contributed by atoms with van der Waals surface area (Å²) in [5.41, 5.74) is 0.973. The molecule has 0 aromatic carbocycles. The Morgan fingerprint density at radius 2 is 1.96 bits per heavy atom. The minimum Gasteiger partial charge on any atom is -0.298 e. The lowest BCUT2D eigenvalue weighted by molar-refractivity contribution is 0.218. The molecular formula is C15H18BrN5OS. The fourth-order valence-corrected chi connectivity index (χ4v) is 3.50. The minimum absolute atomic E-state index is 0.342. The molecular weight excluding hydrogens is 378 g/mol. The molecule has 2 aromatic rings. The third-order valence-corrected chi connectivity index (χ3v) is 4.97. The standard InChI is InChI=1S/C15H18BrN5OS/c16-14-18-13(10-23-14)20-15(22)19-12-6-4-5-11(17-12)9-21-7-2-1-3-8-21/h4-6,10H,1-3,7-9H2,(H2,17,19,20,22). The molecule has 0 saturated carbocycles. The molecule has 0 aliphatic carbocycles. The highest BCUT2D eigenvalue weighted by Crippen LogP contribution is 2.19. The fraction of sp³-hybridized carbons (Fsp3) is 0.400. The number of aromatic nitrogens is 2. The molecule has 0 radical (unpaired) electrons. The molecule has 6 nitrogen and oxygen atoms in total. The zero-order valence-electron chi connectivity index (χ0n) is 12.6. The maximum absolute atomic E-state index is 12.0. The first kappa shape index (κ1) is 16.4. The summed E-state index contributed by atoms with van der Waals surface area (Å²) in [7, 11) is 0. The number of amides is 2. The molecule has 2 amide bonds. The van der Waals surface area contributed by atoms with E-state index in [0.717, 1.165) is 29.2 Å². The summed E-state index contributed by atoms with van der Waals surface area (Å²) in [5.74, 6) is 1.06. The highest BCUT2D eigenvalue weighted by Gasteiger charge is 2.12. The van der Waals surface area contributed by atoms with Crippen molar-refractivity contribution in [1.29, 1.82) is 0 Å². The van der Waals surface area contributed by atoms with Gasteiger partial charge in [-0.05, 0) is 54.0 Å². The number of carbonyl (C=O) groups is 1. The van der Waals surface area contributed by atoms with E-state index in [1.165, 1.54) is 30.6 Å². The second kappa shape index (κ2) is 7.85. The Bertz CT molecular complexity index is 671. The highest BCUT2D eigenvalue weighted by atomic mass is 79.9. The van der Waals surface area contributed by atoms with Gasteiger partial charge in [0.1, 0.15) is 11.6 Å². The predicted octanol–water partition coefficient (Wildman–Crippen LogP) is 3.93. The number of carbonyl (C=O) groups excluding carboxylic acids is 1. The number of pyridine rings is 1. The molecule has 0 atom stereocenters. The van der Waals surface area contributed by atoms with E-state index in [1.54, 1.807) is 11.4 Å². The van der Waals surface area contributed by atoms with E-state index in [-0.39, 0.29) is 6.03 Å². The Morgan fingerprint density at radius 3 is 2.70 bits per heavy atom. The molecule has 8 heteroatoms. The van der Waals surface area contributed by atoms with Crippen molar-refractivity contribution in [2.75, 3.05) is 23.7 Å². The number of nitrogens with zero attached hydrogens (tertiary/aromatic N) is 3. The van der Waals surface area contributed by atoms with Gasteiger partial charge in [-0.1, -0.05) is 12.5 Å². The normalized spacial score (nSPS) is 15.3. The van der Waals surface area contributed by atoms with Crippen LogP contribution in [-0.4, -0.2) is 34.0 Å². The molecule has 1 saturated heterocycles. The Kier molecular flexibility index (Phi) is 5.58. The number of hydrogen-bond acceptors (Lipinski definition) is 5. The first-order chi connectivity index (χ1) is 11.2. The van der Waals surface area contributed by atoms with Crippen LogP contribution in [0.4, 0.5) is 16.4 Å². The Morgan fingerprint density at radius 1 is 1.17 bits per heavy atom. The van der Waals surface area contributed by atoms with Crippen molar-refractivity contribution in [3.05, 3.63) is 33.2 Å². The summed E-state index contributed by atoms with van der Waals surface area (Å²) < 4.78 is 0.731. The van der Waals surface area contributed by atoms with Crippen LogP contribution in [-0.2, 0) is 6.54 Å². The molecule has 3 rings (SSSR count). The quantitative estimate of drug-likeness (QED) is 0.822. The summed E-state index contributed by atoms with van der Waals surface area (Å²) in [4.78, 5) is 23.0. The van der Waals surface area contributed by atoms with Crippen LogP contribution in [0, 0.1) is 0 Å². The number of nitrogens with one attached hydrogen (secondary N) is 2. The maximum Gasteiger partial charge on any atom is 0.326 e. The van der Waals surface area contributed by atoms with Crippen molar-refractivity contribution in [2.45, 2.75) is 25.8 Å². The minimum atomic E-state index is -0.342. The number of anilines is 2. The van der Waals surface area contributed by atoms with Crippen molar-refractivity contribution in [3.8, 4) is 0 Å². The van der Waals surface area contributed by atoms with Gasteiger partial charge in [0.15, 0.2) is 3.92 Å². The van der Waals surface area contributed by atoms with Crippen LogP contribution >= 0.6 is 27.3 Å². The number of halogens is 1. The molecule has 0 unspecified atom stereocenters. The van der Waals surface area contributed by atoms with Crippen molar-refractivity contribution in [1.82, 2.24) is 14.9 Å². The molecule has 1 fully saturated rings. The molecule has 2 N–H and O–H groups in total. The summed E-state index contributed by atoms with van der Waals surface area (Å²) in [6.45, 7) is 3.08. The van der Waals surface area contributed by atoms with E-state index >= 15 is 0 Å². The van der Waals surface area contributed by atoms with E-state index in [9.17, 15) is 4.79 Å². The number of hydrogen-bond donors (Lipinski definition) is 2. The van der Waals surface area contributed by atoms with Gasteiger partial charge in [0.2, 0.25) is 0 Å². The van der Waals surface area contributed by atoms with Gasteiger partial charge in [-0.25, -0.2) is 14.8 Å². The summed E-state index contributed by atoms with van der Waals surface area (Å²) in [6.07, 6.45) is 3.82. The van der Waals surface area contributed by atoms with E-state index < -0.39 is 0 Å². The Balaban J connectivity index is 1.57. The van der Waals surface area contributed by atoms with E-state index in [0.29, 0.717) is 11.6 Å². The van der Waals surface area contributed by atoms with Gasteiger partial charge in [0.25, 0.3) is 0 Å². The SMILES string of the molecule is O=C(Nc1cccc(CN2CCCCC2)n1)Nc1csc(Br)n1. The van der Waals surface area contributed by atoms with Crippen molar-refractivity contribution >= 4 is 44.9 Å². The molecule has 0 spiro atoms. The number of thiazole rings is 1. The summed E-state index contributed by atoms with van der Waals surface area (Å²) in [5, 5.41) is 7.20. The Hall–Kier alpha value is -1.51. The first-order valence-electron chi connectivity index (χ1n) is 7.56. The van der Waals surface area contributed by atoms with Gasteiger partial charge in [-0.15, -0.1) is 11.3 Å². The smallest absolute Gasteiger partial charge is 0.298 e. The van der Waals surface area contributed by atoms with Crippen LogP contribution in [0.2, 0.25) is 0 Å². The van der Waals surface area contributed by atoms with E-state index in [4.69, 9.17) is 0 Å². The maximum atomic E-state index is 12.0. The zero-order valence-corrected chi connectivity index (χ0v) is 15.0. The van der Waals surface area contributed by atoms with Gasteiger partial charge in [-0.3, -0.25) is 15.5 Å². The molecule has 1 aliphatic heterocycles. The van der Waals surface area contributed by atoms with E-state index in [1.807, 2.05) is 12.1 Å². The second-order valence-corrected chi connectivity index (χ2v) is 7.55. The molecule has 0 bridgehead atoms. The van der Waals surface area contributed by atoms with Crippen molar-refractivity contribution < 1.29 is 4.79 Å². The Labute approximate surface area is 147 Å². The summed E-state index contributed by atoms with van der Waals surface area (Å²) >= 11 is 4.68. The third kappa shape index (κ3) is 4.98. The average molecular weight is 396 g/mol. The second-order valence-electron chi connectivity index (χ2n) is 5.42. The average Bonchev–Trinajstić information content (AvgIpc) is 2.93. The zero-order chi connectivity index (χ0) is 16.1. The van der Waals surface area contributed by atoms with Crippen LogP contribution in [0.5, 0.6) is 0 Å². The lowest BCUT2D eigenvalue weighted by atomic mass is 10.1. The predicted molar refractivity (Wildman–Crippen MR) is 95.8 cm³/mol. The van der Waals surface area contributed by atoms with Gasteiger partial charge in [-0.2, -0.15) is 0 Å². The molecule has 122 valence electrons. The van der Waals surface area contributed by atoms with Crippen LogP contribution in [0.25, 0.3) is 0 Å². The van der Waals surface area contributed by atoms with Gasteiger partial charge in [0, 0.05) is 11.9 Å². The molecule has 1 aliphatic rings. The van der Waals surface area contributed by atoms with E-state index in [2.05, 4.69) is 41.4 Å². The van der Waals surface area contributed by atoms with Crippen molar-refractivity contribution in [2.24, 2.45) is 0 Å². The number of urea groups is 1. The monoisotopic (exact) mass is 395 g/mol. The lowest BCUT2D eigenvalue weighted by Gasteiger charge is -2.26. The van der Waals surface area contributed by atoms with Gasteiger partial charge in [0.05, 0.1) is 5.69 Å². The number of piperidine rings is 1. The van der Waals surface area contributed by atoms with Crippen LogP contribution in [0.1, 0.15) is 25.0 Å². The first-order valence-corrected chi connectivity index (χ1v) is 9.23. The van der Waals surface area contributed by atoms with Crippen molar-refractivity contribution in [3.63, 3.8) is 0 Å². The summed E-state index contributed by atoms with van der Waals surface area (Å²) in [6, 6.07) is 5.36. The number of likely N-dealkylation sites (tertiary alicyclic amines) is 1. The molecule has 23 heavy (non-hydrogen) atoms. The third-order valence-electron chi connectivity index (χ3n) is 3.60. The molecule has 2 aromatic heterocycles. The highest BCUT2D eigenvalue weighted by molar-refractivity contribution is 9.11. The number of rotatable bonds is 4. The van der Waals surface area contributed by atoms with Crippen LogP contribution in [0.3, 0.4) is 0 Å². The fourth-order valence-electron chi connectivity index (χ4n) is 2.56. The van der Waals surface area contributed by atoms with Crippen LogP contribution < -0.4 is 10.6 Å². The molecule has 3 heterocycles.